The normalized spacial score (nSPS) is 15.1. The molecule has 0 N–H and O–H groups in total. The first-order chi connectivity index (χ1) is 11.1. The van der Waals surface area contributed by atoms with E-state index in [-0.39, 0.29) is 5.41 Å². The first-order valence-electron chi connectivity index (χ1n) is 7.77. The van der Waals surface area contributed by atoms with Gasteiger partial charge >= 0.3 is 0 Å². The molecule has 1 aliphatic heterocycles. The molecule has 0 saturated carbocycles. The molecule has 0 unspecified atom stereocenters. The summed E-state index contributed by atoms with van der Waals surface area (Å²) in [7, 11) is 0. The van der Waals surface area contributed by atoms with E-state index in [1.54, 1.807) is 0 Å². The summed E-state index contributed by atoms with van der Waals surface area (Å²) in [6.07, 6.45) is 3.85. The molecule has 5 rings (SSSR count). The molecule has 0 aliphatic carbocycles. The number of aromatic nitrogens is 2. The lowest BCUT2D eigenvalue weighted by Crippen LogP contribution is -2.26. The standard InChI is InChI=1S/C20H15BrN2/c1-20(2)15-5-3-4-6-17(15)23-18-11-22-8-7-13(18)14-9-12(21)10-16(20)19(14)23/h3-11H,1-2H3. The van der Waals surface area contributed by atoms with Crippen LogP contribution in [0.4, 0.5) is 0 Å². The van der Waals surface area contributed by atoms with Crippen LogP contribution in [-0.4, -0.2) is 9.55 Å². The fourth-order valence-electron chi connectivity index (χ4n) is 4.03. The van der Waals surface area contributed by atoms with Crippen LogP contribution in [0.5, 0.6) is 0 Å². The summed E-state index contributed by atoms with van der Waals surface area (Å²) < 4.78 is 3.50. The van der Waals surface area contributed by atoms with Gasteiger partial charge in [0.2, 0.25) is 0 Å². The fourth-order valence-corrected chi connectivity index (χ4v) is 4.48. The Morgan fingerprint density at radius 2 is 1.83 bits per heavy atom. The molecular weight excluding hydrogens is 348 g/mol. The van der Waals surface area contributed by atoms with Crippen LogP contribution in [0.2, 0.25) is 0 Å². The monoisotopic (exact) mass is 362 g/mol. The molecule has 0 fully saturated rings. The van der Waals surface area contributed by atoms with Crippen molar-refractivity contribution in [2.75, 3.05) is 0 Å². The molecule has 112 valence electrons. The van der Waals surface area contributed by atoms with Crippen LogP contribution >= 0.6 is 15.9 Å². The van der Waals surface area contributed by atoms with E-state index in [4.69, 9.17) is 0 Å². The van der Waals surface area contributed by atoms with Gasteiger partial charge in [-0.1, -0.05) is 48.0 Å². The van der Waals surface area contributed by atoms with Crippen LogP contribution in [0.25, 0.3) is 27.5 Å². The molecule has 0 atom stereocenters. The number of halogens is 1. The van der Waals surface area contributed by atoms with Gasteiger partial charge in [-0.15, -0.1) is 0 Å². The van der Waals surface area contributed by atoms with Crippen molar-refractivity contribution in [2.24, 2.45) is 0 Å². The summed E-state index contributed by atoms with van der Waals surface area (Å²) in [5.74, 6) is 0. The second-order valence-electron chi connectivity index (χ2n) is 6.72. The van der Waals surface area contributed by atoms with E-state index in [1.807, 2.05) is 12.4 Å². The summed E-state index contributed by atoms with van der Waals surface area (Å²) in [6, 6.07) is 15.3. The molecule has 2 aromatic carbocycles. The van der Waals surface area contributed by atoms with Crippen LogP contribution < -0.4 is 0 Å². The fraction of sp³-hybridized carbons (Fsp3) is 0.150. The first-order valence-corrected chi connectivity index (χ1v) is 8.56. The van der Waals surface area contributed by atoms with E-state index in [9.17, 15) is 0 Å². The van der Waals surface area contributed by atoms with Gasteiger partial charge in [0.1, 0.15) is 0 Å². The molecule has 23 heavy (non-hydrogen) atoms. The molecule has 0 amide bonds. The number of pyridine rings is 1. The third kappa shape index (κ3) is 1.56. The maximum atomic E-state index is 4.37. The van der Waals surface area contributed by atoms with Crippen molar-refractivity contribution in [3.63, 3.8) is 0 Å². The summed E-state index contributed by atoms with van der Waals surface area (Å²) >= 11 is 3.71. The van der Waals surface area contributed by atoms with Gasteiger partial charge in [-0.2, -0.15) is 0 Å². The highest BCUT2D eigenvalue weighted by Gasteiger charge is 2.35. The lowest BCUT2D eigenvalue weighted by Gasteiger charge is -2.34. The molecule has 2 aromatic heterocycles. The number of para-hydroxylation sites is 1. The average molecular weight is 363 g/mol. The van der Waals surface area contributed by atoms with Gasteiger partial charge in [-0.05, 0) is 35.4 Å². The first kappa shape index (κ1) is 13.3. The maximum Gasteiger partial charge on any atom is 0.0724 e. The van der Waals surface area contributed by atoms with Crippen LogP contribution in [0.3, 0.4) is 0 Å². The van der Waals surface area contributed by atoms with E-state index < -0.39 is 0 Å². The minimum atomic E-state index is -0.0313. The predicted molar refractivity (Wildman–Crippen MR) is 98.4 cm³/mol. The highest BCUT2D eigenvalue weighted by molar-refractivity contribution is 9.10. The largest absolute Gasteiger partial charge is 0.307 e. The second-order valence-corrected chi connectivity index (χ2v) is 7.64. The van der Waals surface area contributed by atoms with Crippen molar-refractivity contribution < 1.29 is 0 Å². The topological polar surface area (TPSA) is 17.8 Å². The Balaban J connectivity index is 2.15. The Labute approximate surface area is 142 Å². The van der Waals surface area contributed by atoms with Gasteiger partial charge in [0.25, 0.3) is 0 Å². The molecule has 3 heterocycles. The highest BCUT2D eigenvalue weighted by atomic mass is 79.9. The average Bonchev–Trinajstić information content (AvgIpc) is 2.88. The summed E-state index contributed by atoms with van der Waals surface area (Å²) in [5, 5.41) is 2.54. The van der Waals surface area contributed by atoms with E-state index >= 15 is 0 Å². The van der Waals surface area contributed by atoms with Gasteiger partial charge in [0.05, 0.1) is 22.9 Å². The van der Waals surface area contributed by atoms with Crippen molar-refractivity contribution in [1.82, 2.24) is 9.55 Å². The molecule has 0 radical (unpaired) electrons. The molecule has 4 aromatic rings. The minimum Gasteiger partial charge on any atom is -0.307 e. The number of nitrogens with zero attached hydrogens (tertiary/aromatic N) is 2. The zero-order chi connectivity index (χ0) is 15.8. The number of fused-ring (bicyclic) bond motifs is 5. The van der Waals surface area contributed by atoms with Gasteiger partial charge in [-0.25, -0.2) is 0 Å². The van der Waals surface area contributed by atoms with Crippen molar-refractivity contribution >= 4 is 37.7 Å². The number of benzene rings is 2. The summed E-state index contributed by atoms with van der Waals surface area (Å²) in [4.78, 5) is 4.37. The molecule has 2 nitrogen and oxygen atoms in total. The summed E-state index contributed by atoms with van der Waals surface area (Å²) in [5.41, 5.74) is 6.42. The third-order valence-electron chi connectivity index (χ3n) is 5.12. The van der Waals surface area contributed by atoms with E-state index in [0.717, 1.165) is 4.47 Å². The van der Waals surface area contributed by atoms with Crippen LogP contribution in [0, 0.1) is 0 Å². The minimum absolute atomic E-state index is 0.0313. The van der Waals surface area contributed by atoms with E-state index in [1.165, 1.54) is 38.6 Å². The van der Waals surface area contributed by atoms with Crippen LogP contribution in [-0.2, 0) is 5.41 Å². The zero-order valence-corrected chi connectivity index (χ0v) is 14.6. The van der Waals surface area contributed by atoms with Crippen molar-refractivity contribution in [3.05, 3.63) is 70.5 Å². The Hall–Kier alpha value is -2.13. The van der Waals surface area contributed by atoms with Crippen LogP contribution in [0.15, 0.2) is 59.3 Å². The van der Waals surface area contributed by atoms with Gasteiger partial charge in [0.15, 0.2) is 0 Å². The zero-order valence-electron chi connectivity index (χ0n) is 13.0. The van der Waals surface area contributed by atoms with Crippen LogP contribution in [0.1, 0.15) is 25.0 Å². The summed E-state index contributed by atoms with van der Waals surface area (Å²) in [6.45, 7) is 4.62. The quantitative estimate of drug-likeness (QED) is 0.399. The maximum absolute atomic E-state index is 4.37. The SMILES string of the molecule is CC1(C)c2ccccc2-n2c3cnccc3c3cc(Br)cc1c32. The van der Waals surface area contributed by atoms with E-state index in [0.29, 0.717) is 0 Å². The highest BCUT2D eigenvalue weighted by Crippen LogP contribution is 2.48. The lowest BCUT2D eigenvalue weighted by molar-refractivity contribution is 0.630. The number of hydrogen-bond acceptors (Lipinski definition) is 1. The molecule has 3 heteroatoms. The Morgan fingerprint density at radius 3 is 2.70 bits per heavy atom. The number of hydrogen-bond donors (Lipinski definition) is 0. The Kier molecular flexibility index (Phi) is 2.45. The smallest absolute Gasteiger partial charge is 0.0724 e. The molecule has 0 saturated heterocycles. The van der Waals surface area contributed by atoms with Crippen molar-refractivity contribution in [1.29, 1.82) is 0 Å². The predicted octanol–water partition coefficient (Wildman–Crippen LogP) is 5.58. The third-order valence-corrected chi connectivity index (χ3v) is 5.58. The van der Waals surface area contributed by atoms with Gasteiger partial charge < -0.3 is 4.57 Å². The molecule has 1 aliphatic rings. The van der Waals surface area contributed by atoms with Gasteiger partial charge in [-0.3, -0.25) is 4.98 Å². The van der Waals surface area contributed by atoms with Gasteiger partial charge in [0, 0.05) is 26.9 Å². The lowest BCUT2D eigenvalue weighted by atomic mass is 9.75. The Morgan fingerprint density at radius 1 is 1.00 bits per heavy atom. The van der Waals surface area contributed by atoms with Crippen molar-refractivity contribution in [2.45, 2.75) is 19.3 Å². The second kappa shape index (κ2) is 4.24. The van der Waals surface area contributed by atoms with Crippen molar-refractivity contribution in [3.8, 4) is 5.69 Å². The molecular formula is C20H15BrN2. The molecule has 0 spiro atoms. The Bertz CT molecular complexity index is 1110. The molecule has 0 bridgehead atoms. The van der Waals surface area contributed by atoms with E-state index in [2.05, 4.69) is 81.8 Å². The number of rotatable bonds is 0.